The van der Waals surface area contributed by atoms with Gasteiger partial charge in [0.25, 0.3) is 11.5 Å². The maximum absolute atomic E-state index is 13.6. The Morgan fingerprint density at radius 2 is 1.56 bits per heavy atom. The number of carboxylic acids is 1. The highest BCUT2D eigenvalue weighted by atomic mass is 16.4. The molecule has 0 radical (unpaired) electrons. The fourth-order valence-corrected chi connectivity index (χ4v) is 3.81. The van der Waals surface area contributed by atoms with E-state index in [1.807, 2.05) is 60.7 Å². The summed E-state index contributed by atoms with van der Waals surface area (Å²) in [6, 6.07) is 23.1. The van der Waals surface area contributed by atoms with Crippen LogP contribution in [0.2, 0.25) is 0 Å². The van der Waals surface area contributed by atoms with Crippen molar-refractivity contribution in [3.8, 4) is 22.4 Å². The number of carbonyl (C=O) groups is 2. The number of aromatic carboxylic acids is 1. The van der Waals surface area contributed by atoms with E-state index in [4.69, 9.17) is 0 Å². The first-order valence-electron chi connectivity index (χ1n) is 10.8. The standard InChI is InChI=1S/C27H23N3O4/c1-3-30-26(32)23(25(31)28-21-15-14-17(2)16-20(21)27(33)34)22(18-10-6-4-7-11-18)24(29-30)19-12-8-5-9-13-19/h4-16H,3H2,1-2H3,(H,28,31)(H,33,34). The van der Waals surface area contributed by atoms with Gasteiger partial charge in [-0.05, 0) is 31.5 Å². The average Bonchev–Trinajstić information content (AvgIpc) is 2.85. The molecule has 34 heavy (non-hydrogen) atoms. The van der Waals surface area contributed by atoms with Crippen LogP contribution < -0.4 is 10.9 Å². The van der Waals surface area contributed by atoms with E-state index in [0.29, 0.717) is 16.8 Å². The molecular weight excluding hydrogens is 430 g/mol. The van der Waals surface area contributed by atoms with E-state index in [2.05, 4.69) is 10.4 Å². The number of benzene rings is 3. The summed E-state index contributed by atoms with van der Waals surface area (Å²) in [4.78, 5) is 38.8. The highest BCUT2D eigenvalue weighted by Crippen LogP contribution is 2.32. The molecule has 0 aliphatic heterocycles. The Kier molecular flexibility index (Phi) is 6.36. The summed E-state index contributed by atoms with van der Waals surface area (Å²) in [6.45, 7) is 3.80. The van der Waals surface area contributed by atoms with Crippen molar-refractivity contribution in [2.24, 2.45) is 0 Å². The van der Waals surface area contributed by atoms with Crippen LogP contribution in [0, 0.1) is 6.92 Å². The molecule has 0 aliphatic rings. The number of anilines is 1. The lowest BCUT2D eigenvalue weighted by atomic mass is 9.95. The van der Waals surface area contributed by atoms with Gasteiger partial charge in [-0.2, -0.15) is 5.10 Å². The summed E-state index contributed by atoms with van der Waals surface area (Å²) in [6.07, 6.45) is 0. The zero-order valence-corrected chi connectivity index (χ0v) is 18.8. The molecule has 3 aromatic carbocycles. The molecule has 7 nitrogen and oxygen atoms in total. The van der Waals surface area contributed by atoms with Crippen LogP contribution in [-0.4, -0.2) is 26.8 Å². The number of hydrogen-bond acceptors (Lipinski definition) is 4. The van der Waals surface area contributed by atoms with E-state index in [-0.39, 0.29) is 23.4 Å². The maximum Gasteiger partial charge on any atom is 0.337 e. The largest absolute Gasteiger partial charge is 0.478 e. The lowest BCUT2D eigenvalue weighted by molar-refractivity contribution is 0.0698. The Balaban J connectivity index is 1.98. The normalized spacial score (nSPS) is 10.6. The Bertz CT molecular complexity index is 1430. The molecule has 170 valence electrons. The number of amides is 1. The Morgan fingerprint density at radius 1 is 0.941 bits per heavy atom. The smallest absolute Gasteiger partial charge is 0.337 e. The second-order valence-corrected chi connectivity index (χ2v) is 7.76. The molecule has 0 saturated carbocycles. The highest BCUT2D eigenvalue weighted by Gasteiger charge is 2.26. The predicted molar refractivity (Wildman–Crippen MR) is 131 cm³/mol. The molecule has 7 heteroatoms. The third kappa shape index (κ3) is 4.36. The number of aryl methyl sites for hydroxylation is 2. The second kappa shape index (κ2) is 9.54. The molecular formula is C27H23N3O4. The fraction of sp³-hybridized carbons (Fsp3) is 0.111. The van der Waals surface area contributed by atoms with E-state index in [9.17, 15) is 19.5 Å². The summed E-state index contributed by atoms with van der Waals surface area (Å²) < 4.78 is 1.25. The number of hydrogen-bond donors (Lipinski definition) is 2. The Labute approximate surface area is 196 Å². The molecule has 0 bridgehead atoms. The van der Waals surface area contributed by atoms with E-state index in [0.717, 1.165) is 11.1 Å². The maximum atomic E-state index is 13.6. The summed E-state index contributed by atoms with van der Waals surface area (Å²) in [7, 11) is 0. The van der Waals surface area contributed by atoms with Gasteiger partial charge < -0.3 is 10.4 Å². The number of carboxylic acid groups (broad SMARTS) is 1. The SMILES string of the molecule is CCn1nc(-c2ccccc2)c(-c2ccccc2)c(C(=O)Nc2ccc(C)cc2C(=O)O)c1=O. The molecule has 2 N–H and O–H groups in total. The van der Waals surface area contributed by atoms with Crippen LogP contribution in [0.3, 0.4) is 0 Å². The van der Waals surface area contributed by atoms with Gasteiger partial charge in [-0.25, -0.2) is 9.48 Å². The topological polar surface area (TPSA) is 101 Å². The minimum Gasteiger partial charge on any atom is -0.478 e. The minimum absolute atomic E-state index is 0.0530. The van der Waals surface area contributed by atoms with Crippen LogP contribution in [0.4, 0.5) is 5.69 Å². The van der Waals surface area contributed by atoms with Crippen LogP contribution in [0.25, 0.3) is 22.4 Å². The van der Waals surface area contributed by atoms with Gasteiger partial charge in [0.05, 0.1) is 16.9 Å². The number of aromatic nitrogens is 2. The van der Waals surface area contributed by atoms with Crippen molar-refractivity contribution in [2.45, 2.75) is 20.4 Å². The predicted octanol–water partition coefficient (Wildman–Crippen LogP) is 4.86. The van der Waals surface area contributed by atoms with Gasteiger partial charge in [-0.3, -0.25) is 9.59 Å². The van der Waals surface area contributed by atoms with Crippen molar-refractivity contribution >= 4 is 17.6 Å². The molecule has 0 aliphatic carbocycles. The molecule has 0 saturated heterocycles. The monoisotopic (exact) mass is 453 g/mol. The highest BCUT2D eigenvalue weighted by molar-refractivity contribution is 6.12. The summed E-state index contributed by atoms with van der Waals surface area (Å²) >= 11 is 0. The van der Waals surface area contributed by atoms with Gasteiger partial charge >= 0.3 is 5.97 Å². The lowest BCUT2D eigenvalue weighted by Crippen LogP contribution is -2.32. The number of rotatable bonds is 6. The van der Waals surface area contributed by atoms with Crippen LogP contribution in [0.1, 0.15) is 33.2 Å². The number of nitrogens with one attached hydrogen (secondary N) is 1. The summed E-state index contributed by atoms with van der Waals surface area (Å²) in [5, 5.41) is 16.8. The van der Waals surface area contributed by atoms with Gasteiger partial charge in [-0.1, -0.05) is 72.3 Å². The third-order valence-electron chi connectivity index (χ3n) is 5.45. The Morgan fingerprint density at radius 3 is 2.15 bits per heavy atom. The number of nitrogens with zero attached hydrogens (tertiary/aromatic N) is 2. The molecule has 4 rings (SSSR count). The van der Waals surface area contributed by atoms with Gasteiger partial charge in [-0.15, -0.1) is 0 Å². The third-order valence-corrected chi connectivity index (χ3v) is 5.45. The van der Waals surface area contributed by atoms with Gasteiger partial charge in [0.15, 0.2) is 0 Å². The fourth-order valence-electron chi connectivity index (χ4n) is 3.81. The van der Waals surface area contributed by atoms with Gasteiger partial charge in [0, 0.05) is 17.7 Å². The van der Waals surface area contributed by atoms with Crippen LogP contribution >= 0.6 is 0 Å². The van der Waals surface area contributed by atoms with Crippen molar-refractivity contribution in [3.63, 3.8) is 0 Å². The molecule has 1 amide bonds. The van der Waals surface area contributed by atoms with Crippen LogP contribution in [0.5, 0.6) is 0 Å². The van der Waals surface area contributed by atoms with Crippen molar-refractivity contribution in [3.05, 3.63) is 106 Å². The minimum atomic E-state index is -1.17. The van der Waals surface area contributed by atoms with Crippen molar-refractivity contribution in [1.82, 2.24) is 9.78 Å². The molecule has 4 aromatic rings. The van der Waals surface area contributed by atoms with Crippen LogP contribution in [-0.2, 0) is 6.54 Å². The quantitative estimate of drug-likeness (QED) is 0.434. The van der Waals surface area contributed by atoms with Gasteiger partial charge in [0.2, 0.25) is 0 Å². The van der Waals surface area contributed by atoms with E-state index < -0.39 is 17.4 Å². The molecule has 0 atom stereocenters. The average molecular weight is 453 g/mol. The van der Waals surface area contributed by atoms with Crippen molar-refractivity contribution in [2.75, 3.05) is 5.32 Å². The zero-order chi connectivity index (χ0) is 24.2. The molecule has 1 aromatic heterocycles. The van der Waals surface area contributed by atoms with Crippen molar-refractivity contribution in [1.29, 1.82) is 0 Å². The Hall–Kier alpha value is -4.52. The number of carbonyl (C=O) groups excluding carboxylic acids is 1. The molecule has 0 unspecified atom stereocenters. The van der Waals surface area contributed by atoms with E-state index in [1.54, 1.807) is 19.9 Å². The first-order valence-corrected chi connectivity index (χ1v) is 10.8. The van der Waals surface area contributed by atoms with E-state index in [1.165, 1.54) is 16.8 Å². The first-order chi connectivity index (χ1) is 16.4. The summed E-state index contributed by atoms with van der Waals surface area (Å²) in [5.41, 5.74) is 2.43. The van der Waals surface area contributed by atoms with Crippen molar-refractivity contribution < 1.29 is 14.7 Å². The molecule has 0 spiro atoms. The second-order valence-electron chi connectivity index (χ2n) is 7.76. The lowest BCUT2D eigenvalue weighted by Gasteiger charge is -2.17. The van der Waals surface area contributed by atoms with Crippen LogP contribution in [0.15, 0.2) is 83.7 Å². The first kappa shape index (κ1) is 22.7. The summed E-state index contributed by atoms with van der Waals surface area (Å²) in [5.74, 6) is -1.87. The van der Waals surface area contributed by atoms with E-state index >= 15 is 0 Å². The zero-order valence-electron chi connectivity index (χ0n) is 18.8. The molecule has 1 heterocycles. The molecule has 0 fully saturated rings. The van der Waals surface area contributed by atoms with Gasteiger partial charge in [0.1, 0.15) is 5.56 Å².